The van der Waals surface area contributed by atoms with Gasteiger partial charge in [0, 0.05) is 24.5 Å². The molecule has 0 amide bonds. The van der Waals surface area contributed by atoms with Gasteiger partial charge in [-0.2, -0.15) is 0 Å². The molecular formula is C20H30N4O. The quantitative estimate of drug-likeness (QED) is 0.788. The first-order valence-electron chi connectivity index (χ1n) is 9.17. The van der Waals surface area contributed by atoms with E-state index in [1.807, 2.05) is 12.1 Å². The third kappa shape index (κ3) is 3.52. The van der Waals surface area contributed by atoms with E-state index in [-0.39, 0.29) is 11.6 Å². The third-order valence-corrected chi connectivity index (χ3v) is 4.83. The highest BCUT2D eigenvalue weighted by Gasteiger charge is 2.35. The van der Waals surface area contributed by atoms with E-state index >= 15 is 0 Å². The SMILES string of the molecule is CCCCC1Nc2c(N)nc3ccccc3c2N1CC(C)(C)COC. The molecule has 1 aromatic heterocycles. The molecule has 25 heavy (non-hydrogen) atoms. The molecule has 0 aliphatic carbocycles. The summed E-state index contributed by atoms with van der Waals surface area (Å²) >= 11 is 0. The van der Waals surface area contributed by atoms with Crippen LogP contribution in [0.4, 0.5) is 17.2 Å². The number of nitrogen functional groups attached to an aromatic ring is 1. The van der Waals surface area contributed by atoms with E-state index < -0.39 is 0 Å². The van der Waals surface area contributed by atoms with Crippen LogP contribution in [0.15, 0.2) is 24.3 Å². The molecule has 0 radical (unpaired) electrons. The summed E-state index contributed by atoms with van der Waals surface area (Å²) in [6, 6.07) is 8.25. The number of hydrogen-bond acceptors (Lipinski definition) is 5. The Morgan fingerprint density at radius 2 is 2.08 bits per heavy atom. The molecule has 0 saturated heterocycles. The van der Waals surface area contributed by atoms with Gasteiger partial charge >= 0.3 is 0 Å². The van der Waals surface area contributed by atoms with Crippen molar-refractivity contribution in [1.82, 2.24) is 4.98 Å². The maximum atomic E-state index is 6.29. The second kappa shape index (κ2) is 7.08. The van der Waals surface area contributed by atoms with Gasteiger partial charge in [-0.25, -0.2) is 4.98 Å². The fraction of sp³-hybridized carbons (Fsp3) is 0.550. The van der Waals surface area contributed by atoms with Gasteiger partial charge in [0.25, 0.3) is 0 Å². The minimum Gasteiger partial charge on any atom is -0.384 e. The number of aromatic nitrogens is 1. The molecule has 0 spiro atoms. The Hall–Kier alpha value is -2.01. The van der Waals surface area contributed by atoms with Crippen LogP contribution in [0, 0.1) is 5.41 Å². The van der Waals surface area contributed by atoms with E-state index in [0.717, 1.165) is 36.2 Å². The molecule has 5 heteroatoms. The van der Waals surface area contributed by atoms with Crippen LogP contribution in [-0.4, -0.2) is 31.4 Å². The lowest BCUT2D eigenvalue weighted by atomic mass is 9.93. The number of nitrogens with one attached hydrogen (secondary N) is 1. The standard InChI is InChI=1S/C20H30N4O/c1-5-6-11-16-23-17-18(24(16)12-20(2,3)13-25-4)14-9-7-8-10-15(14)22-19(17)21/h7-10,16,23H,5-6,11-13H2,1-4H3,(H2,21,22). The van der Waals surface area contributed by atoms with Gasteiger partial charge in [0.2, 0.25) is 0 Å². The van der Waals surface area contributed by atoms with Crippen molar-refractivity contribution in [2.75, 3.05) is 36.2 Å². The summed E-state index contributed by atoms with van der Waals surface area (Å²) < 4.78 is 5.45. The van der Waals surface area contributed by atoms with Crippen molar-refractivity contribution in [3.8, 4) is 0 Å². The fourth-order valence-corrected chi connectivity index (χ4v) is 3.77. The van der Waals surface area contributed by atoms with Crippen LogP contribution in [0.5, 0.6) is 0 Å². The van der Waals surface area contributed by atoms with Crippen molar-refractivity contribution in [2.24, 2.45) is 5.41 Å². The zero-order chi connectivity index (χ0) is 18.0. The van der Waals surface area contributed by atoms with Crippen molar-refractivity contribution in [3.63, 3.8) is 0 Å². The Bertz CT molecular complexity index is 744. The Balaban J connectivity index is 2.06. The Morgan fingerprint density at radius 1 is 1.32 bits per heavy atom. The molecule has 1 aromatic carbocycles. The maximum absolute atomic E-state index is 6.29. The number of fused-ring (bicyclic) bond motifs is 3. The average Bonchev–Trinajstić information content (AvgIpc) is 2.91. The molecule has 3 rings (SSSR count). The van der Waals surface area contributed by atoms with E-state index in [4.69, 9.17) is 10.5 Å². The highest BCUT2D eigenvalue weighted by atomic mass is 16.5. The van der Waals surface area contributed by atoms with Gasteiger partial charge in [-0.15, -0.1) is 0 Å². The smallest absolute Gasteiger partial charge is 0.149 e. The third-order valence-electron chi connectivity index (χ3n) is 4.83. The number of hydrogen-bond donors (Lipinski definition) is 2. The summed E-state index contributed by atoms with van der Waals surface area (Å²) in [5.74, 6) is 0.585. The predicted molar refractivity (Wildman–Crippen MR) is 106 cm³/mol. The van der Waals surface area contributed by atoms with Crippen LogP contribution in [0.2, 0.25) is 0 Å². The van der Waals surface area contributed by atoms with Crippen LogP contribution in [-0.2, 0) is 4.74 Å². The van der Waals surface area contributed by atoms with E-state index in [2.05, 4.69) is 48.1 Å². The number of pyridine rings is 1. The molecule has 1 unspecified atom stereocenters. The van der Waals surface area contributed by atoms with Gasteiger partial charge in [-0.05, 0) is 18.9 Å². The molecule has 0 saturated carbocycles. The normalized spacial score (nSPS) is 17.0. The zero-order valence-electron chi connectivity index (χ0n) is 15.8. The summed E-state index contributed by atoms with van der Waals surface area (Å²) in [6.07, 6.45) is 3.69. The van der Waals surface area contributed by atoms with Crippen LogP contribution >= 0.6 is 0 Å². The van der Waals surface area contributed by atoms with Gasteiger partial charge in [0.1, 0.15) is 11.5 Å². The number of nitrogens with zero attached hydrogens (tertiary/aromatic N) is 2. The molecular weight excluding hydrogens is 312 g/mol. The first kappa shape index (κ1) is 17.8. The number of anilines is 3. The molecule has 0 bridgehead atoms. The molecule has 1 atom stereocenters. The molecule has 3 N–H and O–H groups in total. The number of methoxy groups -OCH3 is 1. The second-order valence-corrected chi connectivity index (χ2v) is 7.77. The molecule has 1 aliphatic heterocycles. The number of rotatable bonds is 7. The van der Waals surface area contributed by atoms with Gasteiger partial charge in [-0.3, -0.25) is 0 Å². The Kier molecular flexibility index (Phi) is 5.04. The van der Waals surface area contributed by atoms with Crippen molar-refractivity contribution in [3.05, 3.63) is 24.3 Å². The van der Waals surface area contributed by atoms with E-state index in [0.29, 0.717) is 5.82 Å². The summed E-state index contributed by atoms with van der Waals surface area (Å²) in [5.41, 5.74) is 9.45. The highest BCUT2D eigenvalue weighted by molar-refractivity contribution is 6.04. The van der Waals surface area contributed by atoms with Crippen molar-refractivity contribution in [2.45, 2.75) is 46.2 Å². The van der Waals surface area contributed by atoms with Crippen molar-refractivity contribution >= 4 is 28.1 Å². The van der Waals surface area contributed by atoms with Crippen LogP contribution in [0.1, 0.15) is 40.0 Å². The van der Waals surface area contributed by atoms with Crippen LogP contribution in [0.25, 0.3) is 10.9 Å². The lowest BCUT2D eigenvalue weighted by molar-refractivity contribution is 0.107. The molecule has 136 valence electrons. The molecule has 2 aromatic rings. The summed E-state index contributed by atoms with van der Waals surface area (Å²) in [6.45, 7) is 8.35. The van der Waals surface area contributed by atoms with Gasteiger partial charge in [0.15, 0.2) is 0 Å². The van der Waals surface area contributed by atoms with E-state index in [1.165, 1.54) is 18.5 Å². The van der Waals surface area contributed by atoms with Gasteiger partial charge in [0.05, 0.1) is 24.0 Å². The summed E-state index contributed by atoms with van der Waals surface area (Å²) in [7, 11) is 1.77. The fourth-order valence-electron chi connectivity index (χ4n) is 3.77. The summed E-state index contributed by atoms with van der Waals surface area (Å²) in [5, 5.41) is 4.80. The minimum absolute atomic E-state index is 0.0433. The summed E-state index contributed by atoms with van der Waals surface area (Å²) in [4.78, 5) is 7.07. The Labute approximate surface area is 150 Å². The first-order chi connectivity index (χ1) is 12.0. The highest BCUT2D eigenvalue weighted by Crippen LogP contribution is 2.45. The minimum atomic E-state index is 0.0433. The Morgan fingerprint density at radius 3 is 2.80 bits per heavy atom. The van der Waals surface area contributed by atoms with Crippen LogP contribution < -0.4 is 16.0 Å². The van der Waals surface area contributed by atoms with Gasteiger partial charge < -0.3 is 20.7 Å². The number of benzene rings is 1. The number of nitrogens with two attached hydrogens (primary N) is 1. The lowest BCUT2D eigenvalue weighted by Gasteiger charge is -2.35. The van der Waals surface area contributed by atoms with Crippen molar-refractivity contribution < 1.29 is 4.74 Å². The molecule has 1 aliphatic rings. The lowest BCUT2D eigenvalue weighted by Crippen LogP contribution is -2.43. The molecule has 2 heterocycles. The average molecular weight is 342 g/mol. The molecule has 0 fully saturated rings. The largest absolute Gasteiger partial charge is 0.384 e. The number of ether oxygens (including phenoxy) is 1. The van der Waals surface area contributed by atoms with E-state index in [1.54, 1.807) is 7.11 Å². The topological polar surface area (TPSA) is 63.4 Å². The zero-order valence-corrected chi connectivity index (χ0v) is 15.8. The van der Waals surface area contributed by atoms with Crippen molar-refractivity contribution in [1.29, 1.82) is 0 Å². The van der Waals surface area contributed by atoms with Crippen LogP contribution in [0.3, 0.4) is 0 Å². The maximum Gasteiger partial charge on any atom is 0.149 e. The second-order valence-electron chi connectivity index (χ2n) is 7.77. The molecule has 5 nitrogen and oxygen atoms in total. The first-order valence-corrected chi connectivity index (χ1v) is 9.17. The number of para-hydroxylation sites is 1. The monoisotopic (exact) mass is 342 g/mol. The predicted octanol–water partition coefficient (Wildman–Crippen LogP) is 4.24. The van der Waals surface area contributed by atoms with E-state index in [9.17, 15) is 0 Å². The number of unbranched alkanes of at least 4 members (excludes halogenated alkanes) is 1. The van der Waals surface area contributed by atoms with Gasteiger partial charge in [-0.1, -0.05) is 45.4 Å².